The van der Waals surface area contributed by atoms with E-state index in [1.165, 1.54) is 27.5 Å². The lowest BCUT2D eigenvalue weighted by Crippen LogP contribution is -2.47. The Balaban J connectivity index is 2.15. The third-order valence-corrected chi connectivity index (χ3v) is 3.98. The van der Waals surface area contributed by atoms with Gasteiger partial charge in [-0.05, 0) is 17.7 Å². The molecular weight excluding hydrogens is 367 g/mol. The van der Waals surface area contributed by atoms with Crippen LogP contribution in [0.2, 0.25) is 0 Å². The minimum Gasteiger partial charge on any atom is -0.497 e. The number of amides is 1. The van der Waals surface area contributed by atoms with Gasteiger partial charge < -0.3 is 24.5 Å². The molecule has 0 fully saturated rings. The zero-order valence-corrected chi connectivity index (χ0v) is 15.0. The largest absolute Gasteiger partial charge is 0.497 e. The van der Waals surface area contributed by atoms with E-state index in [9.17, 15) is 23.1 Å². The number of halogens is 3. The average molecular weight is 387 g/mol. The van der Waals surface area contributed by atoms with Crippen molar-refractivity contribution in [1.29, 1.82) is 0 Å². The molecule has 0 saturated carbocycles. The third-order valence-electron chi connectivity index (χ3n) is 3.98. The molecule has 148 valence electrons. The van der Waals surface area contributed by atoms with Crippen LogP contribution in [-0.4, -0.2) is 41.0 Å². The van der Waals surface area contributed by atoms with Crippen LogP contribution < -0.4 is 14.8 Å². The van der Waals surface area contributed by atoms with E-state index in [0.717, 1.165) is 10.8 Å². The first-order valence-corrected chi connectivity index (χ1v) is 7.86. The van der Waals surface area contributed by atoms with Gasteiger partial charge in [0.05, 0.1) is 20.6 Å². The number of imidazole rings is 1. The fourth-order valence-corrected chi connectivity index (χ4v) is 2.53. The van der Waals surface area contributed by atoms with E-state index in [-0.39, 0.29) is 6.54 Å². The van der Waals surface area contributed by atoms with Crippen molar-refractivity contribution in [2.45, 2.75) is 24.7 Å². The van der Waals surface area contributed by atoms with Crippen molar-refractivity contribution < 1.29 is 32.5 Å². The molecule has 0 aliphatic heterocycles. The van der Waals surface area contributed by atoms with Gasteiger partial charge in [0.2, 0.25) is 11.5 Å². The molecule has 0 bridgehead atoms. The van der Waals surface area contributed by atoms with Gasteiger partial charge in [0.15, 0.2) is 5.82 Å². The quantitative estimate of drug-likeness (QED) is 0.758. The van der Waals surface area contributed by atoms with E-state index in [0.29, 0.717) is 17.1 Å². The molecule has 27 heavy (non-hydrogen) atoms. The van der Waals surface area contributed by atoms with Crippen molar-refractivity contribution in [3.05, 3.63) is 42.0 Å². The van der Waals surface area contributed by atoms with Crippen molar-refractivity contribution >= 4 is 5.91 Å². The number of benzene rings is 1. The summed E-state index contributed by atoms with van der Waals surface area (Å²) in [7, 11) is 4.21. The lowest BCUT2D eigenvalue weighted by Gasteiger charge is -2.29. The molecule has 1 atom stereocenters. The minimum absolute atomic E-state index is 0.0686. The fourth-order valence-electron chi connectivity index (χ4n) is 2.53. The first-order valence-electron chi connectivity index (χ1n) is 7.86. The molecule has 10 heteroatoms. The summed E-state index contributed by atoms with van der Waals surface area (Å²) in [5, 5.41) is 12.6. The van der Waals surface area contributed by atoms with E-state index in [4.69, 9.17) is 9.47 Å². The second kappa shape index (κ2) is 7.87. The van der Waals surface area contributed by atoms with Gasteiger partial charge in [-0.1, -0.05) is 0 Å². The summed E-state index contributed by atoms with van der Waals surface area (Å²) in [5.74, 6) is -0.704. The Bertz CT molecular complexity index is 785. The molecule has 0 aliphatic carbocycles. The standard InChI is InChI=1S/C17H20F3N3O4/c1-23-5-4-21-15(23)16(25,17(18,19)20)9-14(24)22-10-11-6-12(26-2)8-13(7-11)27-3/h4-8,25H,9-10H2,1-3H3,(H,22,24). The van der Waals surface area contributed by atoms with Gasteiger partial charge in [0.25, 0.3) is 0 Å². The monoisotopic (exact) mass is 387 g/mol. The van der Waals surface area contributed by atoms with Crippen LogP contribution in [0, 0.1) is 0 Å². The molecule has 7 nitrogen and oxygen atoms in total. The molecule has 2 rings (SSSR count). The fraction of sp³-hybridized carbons (Fsp3) is 0.412. The van der Waals surface area contributed by atoms with Crippen LogP contribution in [0.3, 0.4) is 0 Å². The van der Waals surface area contributed by atoms with Crippen LogP contribution in [0.4, 0.5) is 13.2 Å². The zero-order valence-electron chi connectivity index (χ0n) is 15.0. The van der Waals surface area contributed by atoms with Gasteiger partial charge in [-0.15, -0.1) is 0 Å². The highest BCUT2D eigenvalue weighted by Gasteiger charge is 2.58. The predicted octanol–water partition coefficient (Wildman–Crippen LogP) is 1.89. The summed E-state index contributed by atoms with van der Waals surface area (Å²) in [6.07, 6.45) is -3.93. The minimum atomic E-state index is -5.08. The lowest BCUT2D eigenvalue weighted by atomic mass is 9.97. The number of nitrogens with one attached hydrogen (secondary N) is 1. The first-order chi connectivity index (χ1) is 12.6. The highest BCUT2D eigenvalue weighted by Crippen LogP contribution is 2.40. The molecule has 2 N–H and O–H groups in total. The van der Waals surface area contributed by atoms with Crippen LogP contribution in [-0.2, 0) is 24.0 Å². The summed E-state index contributed by atoms with van der Waals surface area (Å²) in [6, 6.07) is 4.84. The number of alkyl halides is 3. The summed E-state index contributed by atoms with van der Waals surface area (Å²) < 4.78 is 51.6. The van der Waals surface area contributed by atoms with E-state index >= 15 is 0 Å². The van der Waals surface area contributed by atoms with E-state index in [2.05, 4.69) is 10.3 Å². The molecular formula is C17H20F3N3O4. The maximum Gasteiger partial charge on any atom is 0.425 e. The van der Waals surface area contributed by atoms with Crippen molar-refractivity contribution in [3.8, 4) is 11.5 Å². The number of hydrogen-bond acceptors (Lipinski definition) is 5. The third kappa shape index (κ3) is 4.51. The Morgan fingerprint density at radius 3 is 2.26 bits per heavy atom. The average Bonchev–Trinajstić information content (AvgIpc) is 3.05. The smallest absolute Gasteiger partial charge is 0.425 e. The second-order valence-corrected chi connectivity index (χ2v) is 5.89. The zero-order chi connectivity index (χ0) is 20.2. The Kier molecular flexibility index (Phi) is 5.99. The van der Waals surface area contributed by atoms with Gasteiger partial charge in [-0.2, -0.15) is 13.2 Å². The Labute approximate surface area is 153 Å². The maximum absolute atomic E-state index is 13.5. The molecule has 0 aliphatic rings. The van der Waals surface area contributed by atoms with Crippen molar-refractivity contribution in [2.75, 3.05) is 14.2 Å². The van der Waals surface area contributed by atoms with E-state index in [1.807, 2.05) is 0 Å². The van der Waals surface area contributed by atoms with E-state index < -0.39 is 29.9 Å². The van der Waals surface area contributed by atoms with Gasteiger partial charge in [0.1, 0.15) is 11.5 Å². The number of carbonyl (C=O) groups excluding carboxylic acids is 1. The molecule has 1 amide bonds. The van der Waals surface area contributed by atoms with Gasteiger partial charge >= 0.3 is 6.18 Å². The number of rotatable bonds is 7. The number of carbonyl (C=O) groups is 1. The molecule has 1 unspecified atom stereocenters. The SMILES string of the molecule is COc1cc(CNC(=O)CC(O)(c2nccn2C)C(F)(F)F)cc(OC)c1. The van der Waals surface area contributed by atoms with Gasteiger partial charge in [-0.25, -0.2) is 4.98 Å². The first kappa shape index (κ1) is 20.6. The lowest BCUT2D eigenvalue weighted by molar-refractivity contribution is -0.271. The van der Waals surface area contributed by atoms with Gasteiger partial charge in [0, 0.05) is 32.1 Å². The summed E-state index contributed by atoms with van der Waals surface area (Å²) in [4.78, 5) is 15.7. The normalized spacial score (nSPS) is 13.7. The molecule has 1 aromatic carbocycles. The van der Waals surface area contributed by atoms with Crippen LogP contribution in [0.1, 0.15) is 17.8 Å². The molecule has 0 radical (unpaired) electrons. The number of aliphatic hydroxyl groups is 1. The maximum atomic E-state index is 13.5. The van der Waals surface area contributed by atoms with Crippen LogP contribution in [0.5, 0.6) is 11.5 Å². The highest BCUT2D eigenvalue weighted by molar-refractivity contribution is 5.77. The molecule has 0 saturated heterocycles. The Morgan fingerprint density at radius 1 is 1.22 bits per heavy atom. The number of methoxy groups -OCH3 is 2. The molecule has 2 aromatic rings. The topological polar surface area (TPSA) is 85.6 Å². The van der Waals surface area contributed by atoms with Crippen LogP contribution >= 0.6 is 0 Å². The summed E-state index contributed by atoms with van der Waals surface area (Å²) in [5.41, 5.74) is -2.84. The second-order valence-electron chi connectivity index (χ2n) is 5.89. The number of aromatic nitrogens is 2. The molecule has 1 aromatic heterocycles. The van der Waals surface area contributed by atoms with Gasteiger partial charge in [-0.3, -0.25) is 4.79 Å². The van der Waals surface area contributed by atoms with Crippen molar-refractivity contribution in [3.63, 3.8) is 0 Å². The summed E-state index contributed by atoms with van der Waals surface area (Å²) in [6.45, 7) is -0.0686. The van der Waals surface area contributed by atoms with Crippen molar-refractivity contribution in [2.24, 2.45) is 7.05 Å². The van der Waals surface area contributed by atoms with Crippen LogP contribution in [0.25, 0.3) is 0 Å². The number of hydrogen-bond donors (Lipinski definition) is 2. The molecule has 0 spiro atoms. The Morgan fingerprint density at radius 2 is 1.81 bits per heavy atom. The summed E-state index contributed by atoms with van der Waals surface area (Å²) >= 11 is 0. The predicted molar refractivity (Wildman–Crippen MR) is 89.2 cm³/mol. The van der Waals surface area contributed by atoms with E-state index in [1.54, 1.807) is 18.2 Å². The Hall–Kier alpha value is -2.75. The van der Waals surface area contributed by atoms with Crippen LogP contribution in [0.15, 0.2) is 30.6 Å². The molecule has 1 heterocycles. The van der Waals surface area contributed by atoms with Crippen molar-refractivity contribution in [1.82, 2.24) is 14.9 Å². The number of ether oxygens (including phenoxy) is 2. The number of aryl methyl sites for hydroxylation is 1. The number of nitrogens with zero attached hydrogens (tertiary/aromatic N) is 2. The highest BCUT2D eigenvalue weighted by atomic mass is 19.4.